The minimum Gasteiger partial charge on any atom is -0.245 e. The van der Waals surface area contributed by atoms with Gasteiger partial charge in [-0.05, 0) is 12.1 Å². The molecule has 0 saturated carbocycles. The quantitative estimate of drug-likeness (QED) is 0.534. The van der Waals surface area contributed by atoms with E-state index in [0.717, 1.165) is 5.69 Å². The van der Waals surface area contributed by atoms with Crippen LogP contribution in [0.3, 0.4) is 0 Å². The average molecular weight is 131 g/mol. The van der Waals surface area contributed by atoms with Gasteiger partial charge in [0.2, 0.25) is 0 Å². The van der Waals surface area contributed by atoms with Gasteiger partial charge in [-0.1, -0.05) is 0 Å². The Morgan fingerprint density at radius 2 is 2.50 bits per heavy atom. The summed E-state index contributed by atoms with van der Waals surface area (Å²) in [6, 6.07) is 3.61. The number of hydrogen-bond donors (Lipinski definition) is 0. The molecule has 1 aromatic heterocycles. The largest absolute Gasteiger partial charge is 0.245 e. The van der Waals surface area contributed by atoms with Crippen molar-refractivity contribution in [2.24, 2.45) is 0 Å². The number of allylic oxidation sites excluding steroid dienone is 1. The molecule has 0 bridgehead atoms. The van der Waals surface area contributed by atoms with Crippen LogP contribution in [-0.4, -0.2) is 9.97 Å². The van der Waals surface area contributed by atoms with Crippen molar-refractivity contribution in [1.29, 1.82) is 5.26 Å². The van der Waals surface area contributed by atoms with Crippen molar-refractivity contribution < 1.29 is 0 Å². The molecule has 3 nitrogen and oxygen atoms in total. The van der Waals surface area contributed by atoms with E-state index in [1.807, 2.05) is 6.07 Å². The third kappa shape index (κ3) is 1.67. The highest BCUT2D eigenvalue weighted by Crippen LogP contribution is 1.92. The Hall–Kier alpha value is -1.69. The van der Waals surface area contributed by atoms with Crippen LogP contribution in [0.2, 0.25) is 0 Å². The van der Waals surface area contributed by atoms with Crippen molar-refractivity contribution in [3.05, 3.63) is 30.4 Å². The molecule has 1 heterocycles. The molecule has 48 valence electrons. The Labute approximate surface area is 58.7 Å². The van der Waals surface area contributed by atoms with Crippen molar-refractivity contribution in [3.63, 3.8) is 0 Å². The van der Waals surface area contributed by atoms with Crippen LogP contribution in [0.4, 0.5) is 0 Å². The van der Waals surface area contributed by atoms with E-state index < -0.39 is 0 Å². The van der Waals surface area contributed by atoms with E-state index in [-0.39, 0.29) is 0 Å². The second-order valence-corrected chi connectivity index (χ2v) is 1.60. The molecule has 3 heteroatoms. The SMILES string of the molecule is N#CC=Cc1ccncn1. The topological polar surface area (TPSA) is 49.6 Å². The molecule has 0 spiro atoms. The molecule has 0 fully saturated rings. The van der Waals surface area contributed by atoms with Crippen LogP contribution in [0.25, 0.3) is 6.08 Å². The predicted octanol–water partition coefficient (Wildman–Crippen LogP) is 1.01. The summed E-state index contributed by atoms with van der Waals surface area (Å²) < 4.78 is 0. The molecular weight excluding hydrogens is 126 g/mol. The van der Waals surface area contributed by atoms with E-state index in [4.69, 9.17) is 5.26 Å². The lowest BCUT2D eigenvalue weighted by molar-refractivity contribution is 1.15. The van der Waals surface area contributed by atoms with Crippen LogP contribution in [0, 0.1) is 11.3 Å². The number of hydrogen-bond acceptors (Lipinski definition) is 3. The van der Waals surface area contributed by atoms with Crippen LogP contribution in [0.1, 0.15) is 5.69 Å². The van der Waals surface area contributed by atoms with Crippen LogP contribution in [0.15, 0.2) is 24.7 Å². The van der Waals surface area contributed by atoms with Gasteiger partial charge < -0.3 is 0 Å². The second-order valence-electron chi connectivity index (χ2n) is 1.60. The number of aromatic nitrogens is 2. The summed E-state index contributed by atoms with van der Waals surface area (Å²) in [5.41, 5.74) is 0.747. The first-order valence-corrected chi connectivity index (χ1v) is 2.75. The Balaban J connectivity index is 2.79. The molecule has 0 aromatic carbocycles. The fourth-order valence-electron chi connectivity index (χ4n) is 0.522. The van der Waals surface area contributed by atoms with Crippen molar-refractivity contribution in [3.8, 4) is 6.07 Å². The second kappa shape index (κ2) is 3.36. The maximum atomic E-state index is 8.15. The summed E-state index contributed by atoms with van der Waals surface area (Å²) in [6.07, 6.45) is 6.07. The summed E-state index contributed by atoms with van der Waals surface area (Å²) in [4.78, 5) is 7.59. The molecule has 0 amide bonds. The van der Waals surface area contributed by atoms with Gasteiger partial charge in [-0.15, -0.1) is 0 Å². The fourth-order valence-corrected chi connectivity index (χ4v) is 0.522. The van der Waals surface area contributed by atoms with Gasteiger partial charge >= 0.3 is 0 Å². The Bertz CT molecular complexity index is 258. The number of nitriles is 1. The normalized spacial score (nSPS) is 9.50. The van der Waals surface area contributed by atoms with Crippen LogP contribution in [-0.2, 0) is 0 Å². The van der Waals surface area contributed by atoms with Crippen molar-refractivity contribution >= 4 is 6.08 Å². The van der Waals surface area contributed by atoms with Gasteiger partial charge in [0.05, 0.1) is 11.8 Å². The fraction of sp³-hybridized carbons (Fsp3) is 0. The molecule has 0 unspecified atom stereocenters. The van der Waals surface area contributed by atoms with Gasteiger partial charge in [0, 0.05) is 12.3 Å². The first-order chi connectivity index (χ1) is 4.93. The lowest BCUT2D eigenvalue weighted by atomic mass is 10.4. The zero-order valence-corrected chi connectivity index (χ0v) is 5.23. The highest BCUT2D eigenvalue weighted by atomic mass is 14.8. The first-order valence-electron chi connectivity index (χ1n) is 2.75. The Morgan fingerprint density at radius 3 is 3.10 bits per heavy atom. The van der Waals surface area contributed by atoms with E-state index in [9.17, 15) is 0 Å². The van der Waals surface area contributed by atoms with Crippen molar-refractivity contribution in [1.82, 2.24) is 9.97 Å². The molecule has 0 N–H and O–H groups in total. The van der Waals surface area contributed by atoms with Crippen LogP contribution >= 0.6 is 0 Å². The molecule has 0 atom stereocenters. The predicted molar refractivity (Wildman–Crippen MR) is 36.7 cm³/mol. The molecule has 1 aromatic rings. The Morgan fingerprint density at radius 1 is 1.60 bits per heavy atom. The van der Waals surface area contributed by atoms with Crippen LogP contribution < -0.4 is 0 Å². The average Bonchev–Trinajstić information content (AvgIpc) is 2.03. The van der Waals surface area contributed by atoms with E-state index in [1.54, 1.807) is 18.3 Å². The maximum Gasteiger partial charge on any atom is 0.115 e. The van der Waals surface area contributed by atoms with Gasteiger partial charge in [-0.2, -0.15) is 5.26 Å². The third-order valence-corrected chi connectivity index (χ3v) is 0.933. The molecule has 1 rings (SSSR count). The highest BCUT2D eigenvalue weighted by Gasteiger charge is 1.81. The number of nitrogens with zero attached hydrogens (tertiary/aromatic N) is 3. The van der Waals surface area contributed by atoms with E-state index in [0.29, 0.717) is 0 Å². The monoisotopic (exact) mass is 131 g/mol. The molecule has 0 saturated heterocycles. The molecule has 0 aliphatic carbocycles. The van der Waals surface area contributed by atoms with Crippen molar-refractivity contribution in [2.75, 3.05) is 0 Å². The minimum atomic E-state index is 0.747. The van der Waals surface area contributed by atoms with Gasteiger partial charge in [0.25, 0.3) is 0 Å². The van der Waals surface area contributed by atoms with E-state index in [1.165, 1.54) is 12.4 Å². The number of rotatable bonds is 1. The molecule has 0 aliphatic heterocycles. The van der Waals surface area contributed by atoms with Crippen molar-refractivity contribution in [2.45, 2.75) is 0 Å². The third-order valence-electron chi connectivity index (χ3n) is 0.933. The lowest BCUT2D eigenvalue weighted by Gasteiger charge is -1.84. The molecule has 10 heavy (non-hydrogen) atoms. The minimum absolute atomic E-state index is 0.747. The highest BCUT2D eigenvalue weighted by molar-refractivity contribution is 5.46. The van der Waals surface area contributed by atoms with Gasteiger partial charge in [-0.3, -0.25) is 0 Å². The zero-order chi connectivity index (χ0) is 7.23. The van der Waals surface area contributed by atoms with Crippen LogP contribution in [0.5, 0.6) is 0 Å². The first kappa shape index (κ1) is 6.43. The van der Waals surface area contributed by atoms with Gasteiger partial charge in [0.1, 0.15) is 6.33 Å². The Kier molecular flexibility index (Phi) is 2.16. The summed E-state index contributed by atoms with van der Waals surface area (Å²) in [5.74, 6) is 0. The van der Waals surface area contributed by atoms with Gasteiger partial charge in [-0.25, -0.2) is 9.97 Å². The molecule has 0 aliphatic rings. The molecular formula is C7H5N3. The summed E-state index contributed by atoms with van der Waals surface area (Å²) in [5, 5.41) is 8.15. The van der Waals surface area contributed by atoms with E-state index >= 15 is 0 Å². The summed E-state index contributed by atoms with van der Waals surface area (Å²) in [7, 11) is 0. The van der Waals surface area contributed by atoms with Gasteiger partial charge in [0.15, 0.2) is 0 Å². The lowest BCUT2D eigenvalue weighted by Crippen LogP contribution is -1.78. The molecule has 0 radical (unpaired) electrons. The zero-order valence-electron chi connectivity index (χ0n) is 5.23. The summed E-state index contributed by atoms with van der Waals surface area (Å²) in [6.45, 7) is 0. The smallest absolute Gasteiger partial charge is 0.115 e. The van der Waals surface area contributed by atoms with E-state index in [2.05, 4.69) is 9.97 Å². The maximum absolute atomic E-state index is 8.15. The summed E-state index contributed by atoms with van der Waals surface area (Å²) >= 11 is 0. The standard InChI is InChI=1S/C7H5N3/c8-4-1-2-7-3-5-9-6-10-7/h1-3,5-6H.